The summed E-state index contributed by atoms with van der Waals surface area (Å²) in [5.41, 5.74) is -0.421. The second-order valence-corrected chi connectivity index (χ2v) is 8.59. The zero-order valence-corrected chi connectivity index (χ0v) is 12.2. The van der Waals surface area contributed by atoms with Crippen molar-refractivity contribution in [2.24, 2.45) is 0 Å². The molecule has 0 aliphatic heterocycles. The van der Waals surface area contributed by atoms with E-state index < -0.39 is 12.9 Å². The molecule has 0 aromatic heterocycles. The molecule has 0 spiro atoms. The fraction of sp³-hybridized carbons (Fsp3) is 0.846. The standard InChI is InChI=1S/C13H29O3P/c1-4-7-9-12-17(14,15,16)13(10-6-3)11-8-5-2/h6,13-16H,3-5,7-12H2,1-2H3. The monoisotopic (exact) mass is 264 g/mol. The summed E-state index contributed by atoms with van der Waals surface area (Å²) in [6.07, 6.45) is 7.47. The van der Waals surface area contributed by atoms with Gasteiger partial charge in [0.05, 0.1) is 0 Å². The molecule has 0 saturated heterocycles. The Bertz CT molecular complexity index is 220. The molecule has 0 fully saturated rings. The van der Waals surface area contributed by atoms with E-state index in [9.17, 15) is 14.7 Å². The van der Waals surface area contributed by atoms with Gasteiger partial charge in [-0.05, 0) is 0 Å². The van der Waals surface area contributed by atoms with Crippen LogP contribution >= 0.6 is 7.28 Å². The maximum atomic E-state index is 10.2. The Morgan fingerprint density at radius 1 is 1.06 bits per heavy atom. The van der Waals surface area contributed by atoms with Crippen LogP contribution in [0.2, 0.25) is 0 Å². The molecule has 0 saturated carbocycles. The van der Waals surface area contributed by atoms with E-state index in [2.05, 4.69) is 20.4 Å². The van der Waals surface area contributed by atoms with Crippen LogP contribution in [-0.4, -0.2) is 26.5 Å². The van der Waals surface area contributed by atoms with Gasteiger partial charge in [0.1, 0.15) is 0 Å². The van der Waals surface area contributed by atoms with Gasteiger partial charge in [-0.25, -0.2) is 0 Å². The van der Waals surface area contributed by atoms with Gasteiger partial charge in [0.15, 0.2) is 0 Å². The van der Waals surface area contributed by atoms with Gasteiger partial charge >= 0.3 is 105 Å². The van der Waals surface area contributed by atoms with Gasteiger partial charge in [0.25, 0.3) is 0 Å². The first-order chi connectivity index (χ1) is 7.85. The van der Waals surface area contributed by atoms with E-state index in [-0.39, 0.29) is 6.16 Å². The van der Waals surface area contributed by atoms with Crippen LogP contribution in [0.15, 0.2) is 12.7 Å². The summed E-state index contributed by atoms with van der Waals surface area (Å²) < 4.78 is 0. The van der Waals surface area contributed by atoms with Gasteiger partial charge in [-0.3, -0.25) is 0 Å². The van der Waals surface area contributed by atoms with Crippen molar-refractivity contribution in [2.45, 2.75) is 64.5 Å². The van der Waals surface area contributed by atoms with E-state index in [1.165, 1.54) is 0 Å². The maximum absolute atomic E-state index is 10.2. The fourth-order valence-corrected chi connectivity index (χ4v) is 4.57. The van der Waals surface area contributed by atoms with Gasteiger partial charge in [-0.2, -0.15) is 0 Å². The Hall–Kier alpha value is 0.0500. The molecule has 1 unspecified atom stereocenters. The van der Waals surface area contributed by atoms with E-state index in [4.69, 9.17) is 0 Å². The first kappa shape index (κ1) is 17.1. The Labute approximate surface area is 106 Å². The van der Waals surface area contributed by atoms with Crippen LogP contribution in [0.5, 0.6) is 0 Å². The topological polar surface area (TPSA) is 60.7 Å². The SMILES string of the molecule is C=CCC(CCCC)P(O)(O)(O)CCCCC. The number of allylic oxidation sites excluding steroid dienone is 1. The van der Waals surface area contributed by atoms with Crippen molar-refractivity contribution in [3.05, 3.63) is 12.7 Å². The fourth-order valence-electron chi connectivity index (χ4n) is 2.08. The van der Waals surface area contributed by atoms with Crippen LogP contribution in [0.1, 0.15) is 58.8 Å². The van der Waals surface area contributed by atoms with E-state index in [1.54, 1.807) is 6.08 Å². The van der Waals surface area contributed by atoms with Crippen molar-refractivity contribution >= 4 is 7.28 Å². The molecule has 1 atom stereocenters. The summed E-state index contributed by atoms with van der Waals surface area (Å²) in [5.74, 6) is 0. The molecule has 17 heavy (non-hydrogen) atoms. The Kier molecular flexibility index (Phi) is 7.50. The molecule has 3 N–H and O–H groups in total. The molecular weight excluding hydrogens is 235 g/mol. The van der Waals surface area contributed by atoms with Crippen LogP contribution in [0, 0.1) is 0 Å². The molecule has 0 aromatic carbocycles. The normalized spacial score (nSPS) is 16.2. The van der Waals surface area contributed by atoms with Crippen LogP contribution < -0.4 is 0 Å². The number of hydrogen-bond donors (Lipinski definition) is 3. The van der Waals surface area contributed by atoms with Crippen LogP contribution in [0.4, 0.5) is 0 Å². The molecule has 0 radical (unpaired) electrons. The van der Waals surface area contributed by atoms with Gasteiger partial charge < -0.3 is 0 Å². The molecule has 0 amide bonds. The van der Waals surface area contributed by atoms with Crippen molar-refractivity contribution in [1.29, 1.82) is 0 Å². The average Bonchev–Trinajstić information content (AvgIpc) is 2.23. The first-order valence-corrected chi connectivity index (χ1v) is 9.07. The number of rotatable bonds is 10. The summed E-state index contributed by atoms with van der Waals surface area (Å²) in [7, 11) is -4.47. The number of unbranched alkanes of at least 4 members (excludes halogenated alkanes) is 3. The zero-order valence-electron chi connectivity index (χ0n) is 11.3. The Morgan fingerprint density at radius 3 is 2.12 bits per heavy atom. The minimum atomic E-state index is -4.47. The first-order valence-electron chi connectivity index (χ1n) is 6.72. The summed E-state index contributed by atoms with van der Waals surface area (Å²) in [6, 6.07) is 0. The predicted octanol–water partition coefficient (Wildman–Crippen LogP) is 3.59. The molecule has 4 heteroatoms. The third-order valence-corrected chi connectivity index (χ3v) is 6.41. The van der Waals surface area contributed by atoms with Crippen molar-refractivity contribution in [1.82, 2.24) is 0 Å². The van der Waals surface area contributed by atoms with Gasteiger partial charge in [-0.15, -0.1) is 0 Å². The summed E-state index contributed by atoms with van der Waals surface area (Å²) in [4.78, 5) is 30.7. The molecule has 0 aliphatic rings. The summed E-state index contributed by atoms with van der Waals surface area (Å²) >= 11 is 0. The van der Waals surface area contributed by atoms with Crippen LogP contribution in [0.25, 0.3) is 0 Å². The molecule has 0 rings (SSSR count). The number of hydrogen-bond acceptors (Lipinski definition) is 3. The molecule has 104 valence electrons. The second-order valence-electron chi connectivity index (χ2n) is 4.97. The van der Waals surface area contributed by atoms with Crippen LogP contribution in [0.3, 0.4) is 0 Å². The quantitative estimate of drug-likeness (QED) is 0.321. The third kappa shape index (κ3) is 6.52. The van der Waals surface area contributed by atoms with Crippen molar-refractivity contribution in [3.8, 4) is 0 Å². The summed E-state index contributed by atoms with van der Waals surface area (Å²) in [5, 5.41) is 0. The van der Waals surface area contributed by atoms with E-state index in [0.29, 0.717) is 19.3 Å². The molecule has 3 nitrogen and oxygen atoms in total. The third-order valence-electron chi connectivity index (χ3n) is 3.27. The van der Waals surface area contributed by atoms with E-state index >= 15 is 0 Å². The van der Waals surface area contributed by atoms with Crippen molar-refractivity contribution < 1.29 is 14.7 Å². The Morgan fingerprint density at radius 2 is 1.65 bits per heavy atom. The molecule has 0 heterocycles. The van der Waals surface area contributed by atoms with Crippen molar-refractivity contribution in [2.75, 3.05) is 6.16 Å². The Balaban J connectivity index is 4.56. The van der Waals surface area contributed by atoms with Gasteiger partial charge in [0, 0.05) is 0 Å². The molecular formula is C13H29O3P. The van der Waals surface area contributed by atoms with Gasteiger partial charge in [0.2, 0.25) is 0 Å². The molecule has 0 aliphatic carbocycles. The molecule has 0 aromatic rings. The van der Waals surface area contributed by atoms with E-state index in [1.807, 2.05) is 0 Å². The second kappa shape index (κ2) is 7.48. The van der Waals surface area contributed by atoms with Crippen LogP contribution in [-0.2, 0) is 0 Å². The minimum absolute atomic E-state index is 0.141. The van der Waals surface area contributed by atoms with Gasteiger partial charge in [-0.1, -0.05) is 0 Å². The van der Waals surface area contributed by atoms with Crippen molar-refractivity contribution in [3.63, 3.8) is 0 Å². The summed E-state index contributed by atoms with van der Waals surface area (Å²) in [6.45, 7) is 7.75. The van der Waals surface area contributed by atoms with E-state index in [0.717, 1.165) is 25.7 Å². The molecule has 0 bridgehead atoms. The zero-order chi connectivity index (χ0) is 13.4. The average molecular weight is 264 g/mol. The predicted molar refractivity (Wildman–Crippen MR) is 76.1 cm³/mol.